The van der Waals surface area contributed by atoms with Crippen LogP contribution < -0.4 is 4.74 Å². The number of benzene rings is 2. The number of esters is 1. The minimum atomic E-state index is -0.471. The Morgan fingerprint density at radius 3 is 2.57 bits per heavy atom. The fourth-order valence-electron chi connectivity index (χ4n) is 1.76. The first kappa shape index (κ1) is 14.8. The molecule has 0 aromatic heterocycles. The SMILES string of the molecule is C=CCc1ccc(C(=O)Oc2ccc(C#N)c(Cl)c2)cc1. The molecule has 0 spiro atoms. The van der Waals surface area contributed by atoms with Gasteiger partial charge in [-0.25, -0.2) is 4.79 Å². The molecule has 0 saturated carbocycles. The van der Waals surface area contributed by atoms with E-state index in [9.17, 15) is 4.79 Å². The molecule has 21 heavy (non-hydrogen) atoms. The van der Waals surface area contributed by atoms with Gasteiger partial charge in [0, 0.05) is 6.07 Å². The second kappa shape index (κ2) is 6.74. The van der Waals surface area contributed by atoms with Gasteiger partial charge in [0.25, 0.3) is 0 Å². The Morgan fingerprint density at radius 2 is 2.00 bits per heavy atom. The monoisotopic (exact) mass is 297 g/mol. The van der Waals surface area contributed by atoms with Gasteiger partial charge in [-0.1, -0.05) is 29.8 Å². The van der Waals surface area contributed by atoms with Gasteiger partial charge < -0.3 is 4.74 Å². The van der Waals surface area contributed by atoms with Gasteiger partial charge in [-0.15, -0.1) is 6.58 Å². The number of hydrogen-bond acceptors (Lipinski definition) is 3. The molecular formula is C17H12ClNO2. The second-order valence-electron chi connectivity index (χ2n) is 4.33. The van der Waals surface area contributed by atoms with Crippen LogP contribution in [0.1, 0.15) is 21.5 Å². The van der Waals surface area contributed by atoms with Gasteiger partial charge in [0.05, 0.1) is 16.1 Å². The molecule has 2 aromatic carbocycles. The van der Waals surface area contributed by atoms with E-state index < -0.39 is 5.97 Å². The summed E-state index contributed by atoms with van der Waals surface area (Å²) in [6.07, 6.45) is 2.55. The van der Waals surface area contributed by atoms with E-state index in [2.05, 4.69) is 6.58 Å². The lowest BCUT2D eigenvalue weighted by molar-refractivity contribution is 0.0735. The minimum absolute atomic E-state index is 0.254. The Hall–Kier alpha value is -2.57. The van der Waals surface area contributed by atoms with Crippen molar-refractivity contribution in [1.82, 2.24) is 0 Å². The summed E-state index contributed by atoms with van der Waals surface area (Å²) in [5.74, 6) is -0.167. The fourth-order valence-corrected chi connectivity index (χ4v) is 1.97. The van der Waals surface area contributed by atoms with Gasteiger partial charge in [-0.3, -0.25) is 0 Å². The van der Waals surface area contributed by atoms with E-state index in [1.165, 1.54) is 18.2 Å². The molecule has 4 heteroatoms. The fraction of sp³-hybridized carbons (Fsp3) is 0.0588. The molecule has 0 aliphatic carbocycles. The standard InChI is InChI=1S/C17H12ClNO2/c1-2-3-12-4-6-13(7-5-12)17(20)21-15-9-8-14(11-19)16(18)10-15/h2,4-10H,1,3H2. The molecule has 0 atom stereocenters. The van der Waals surface area contributed by atoms with Crippen molar-refractivity contribution in [2.45, 2.75) is 6.42 Å². The van der Waals surface area contributed by atoms with Crippen LogP contribution in [-0.2, 0) is 6.42 Å². The molecule has 3 nitrogen and oxygen atoms in total. The zero-order valence-electron chi connectivity index (χ0n) is 11.2. The summed E-state index contributed by atoms with van der Waals surface area (Å²) in [7, 11) is 0. The van der Waals surface area contributed by atoms with E-state index in [1.807, 2.05) is 18.2 Å². The van der Waals surface area contributed by atoms with Gasteiger partial charge >= 0.3 is 5.97 Å². The first-order chi connectivity index (χ1) is 10.1. The number of ether oxygens (including phenoxy) is 1. The summed E-state index contributed by atoms with van der Waals surface area (Å²) >= 11 is 5.89. The number of allylic oxidation sites excluding steroid dienone is 1. The van der Waals surface area contributed by atoms with E-state index in [0.717, 1.165) is 12.0 Å². The maximum absolute atomic E-state index is 12.0. The topological polar surface area (TPSA) is 50.1 Å². The van der Waals surface area contributed by atoms with Crippen LogP contribution in [0.3, 0.4) is 0 Å². The highest BCUT2D eigenvalue weighted by molar-refractivity contribution is 6.31. The Labute approximate surface area is 128 Å². The molecule has 0 heterocycles. The Morgan fingerprint density at radius 1 is 1.29 bits per heavy atom. The van der Waals surface area contributed by atoms with Gasteiger partial charge in [-0.05, 0) is 36.2 Å². The average molecular weight is 298 g/mol. The van der Waals surface area contributed by atoms with Crippen molar-refractivity contribution < 1.29 is 9.53 Å². The van der Waals surface area contributed by atoms with Gasteiger partial charge in [0.1, 0.15) is 11.8 Å². The van der Waals surface area contributed by atoms with Gasteiger partial charge in [-0.2, -0.15) is 5.26 Å². The molecule has 0 aliphatic heterocycles. The molecular weight excluding hydrogens is 286 g/mol. The minimum Gasteiger partial charge on any atom is -0.423 e. The van der Waals surface area contributed by atoms with Crippen LogP contribution in [0.5, 0.6) is 5.75 Å². The second-order valence-corrected chi connectivity index (χ2v) is 4.74. The molecule has 0 saturated heterocycles. The smallest absolute Gasteiger partial charge is 0.343 e. The molecule has 0 radical (unpaired) electrons. The van der Waals surface area contributed by atoms with Crippen LogP contribution in [0, 0.1) is 11.3 Å². The summed E-state index contributed by atoms with van der Waals surface area (Å²) in [4.78, 5) is 12.0. The number of halogens is 1. The first-order valence-corrected chi connectivity index (χ1v) is 6.63. The highest BCUT2D eigenvalue weighted by atomic mass is 35.5. The molecule has 0 N–H and O–H groups in total. The van der Waals surface area contributed by atoms with Crippen LogP contribution in [0.25, 0.3) is 0 Å². The number of nitriles is 1. The average Bonchev–Trinajstić information content (AvgIpc) is 2.48. The van der Waals surface area contributed by atoms with Crippen LogP contribution in [-0.4, -0.2) is 5.97 Å². The summed E-state index contributed by atoms with van der Waals surface area (Å²) in [6.45, 7) is 3.66. The third kappa shape index (κ3) is 3.71. The van der Waals surface area contributed by atoms with Crippen LogP contribution in [0.2, 0.25) is 5.02 Å². The van der Waals surface area contributed by atoms with E-state index in [0.29, 0.717) is 16.9 Å². The van der Waals surface area contributed by atoms with Crippen molar-refractivity contribution in [3.63, 3.8) is 0 Å². The van der Waals surface area contributed by atoms with Crippen molar-refractivity contribution >= 4 is 17.6 Å². The van der Waals surface area contributed by atoms with Gasteiger partial charge in [0.15, 0.2) is 0 Å². The first-order valence-electron chi connectivity index (χ1n) is 6.25. The molecule has 0 aliphatic rings. The number of hydrogen-bond donors (Lipinski definition) is 0. The maximum atomic E-state index is 12.0. The molecule has 0 bridgehead atoms. The number of carbonyl (C=O) groups is 1. The third-order valence-corrected chi connectivity index (χ3v) is 3.15. The third-order valence-electron chi connectivity index (χ3n) is 2.84. The van der Waals surface area contributed by atoms with E-state index in [1.54, 1.807) is 18.2 Å². The van der Waals surface area contributed by atoms with Crippen molar-refractivity contribution in [3.8, 4) is 11.8 Å². The highest BCUT2D eigenvalue weighted by Gasteiger charge is 2.10. The number of rotatable bonds is 4. The van der Waals surface area contributed by atoms with E-state index >= 15 is 0 Å². The summed E-state index contributed by atoms with van der Waals surface area (Å²) in [5.41, 5.74) is 1.86. The number of carbonyl (C=O) groups excluding carboxylic acids is 1. The predicted octanol–water partition coefficient (Wildman–Crippen LogP) is 4.16. The van der Waals surface area contributed by atoms with Crippen LogP contribution >= 0.6 is 11.6 Å². The molecule has 0 unspecified atom stereocenters. The zero-order chi connectivity index (χ0) is 15.2. The molecule has 104 valence electrons. The molecule has 2 aromatic rings. The molecule has 2 rings (SSSR count). The van der Waals surface area contributed by atoms with Crippen molar-refractivity contribution in [2.75, 3.05) is 0 Å². The van der Waals surface area contributed by atoms with Crippen molar-refractivity contribution in [3.05, 3.63) is 76.8 Å². The normalized spacial score (nSPS) is 9.71. The quantitative estimate of drug-likeness (QED) is 0.484. The summed E-state index contributed by atoms with van der Waals surface area (Å²) < 4.78 is 5.23. The van der Waals surface area contributed by atoms with Crippen molar-refractivity contribution in [1.29, 1.82) is 5.26 Å². The molecule has 0 fully saturated rings. The lowest BCUT2D eigenvalue weighted by atomic mass is 10.1. The van der Waals surface area contributed by atoms with Crippen molar-refractivity contribution in [2.24, 2.45) is 0 Å². The summed E-state index contributed by atoms with van der Waals surface area (Å²) in [6, 6.07) is 13.5. The predicted molar refractivity (Wildman–Crippen MR) is 81.5 cm³/mol. The number of nitrogens with zero attached hydrogens (tertiary/aromatic N) is 1. The molecule has 0 amide bonds. The zero-order valence-corrected chi connectivity index (χ0v) is 11.9. The van der Waals surface area contributed by atoms with E-state index in [4.69, 9.17) is 21.6 Å². The van der Waals surface area contributed by atoms with Crippen LogP contribution in [0.4, 0.5) is 0 Å². The van der Waals surface area contributed by atoms with Crippen LogP contribution in [0.15, 0.2) is 55.1 Å². The summed E-state index contributed by atoms with van der Waals surface area (Å²) in [5, 5.41) is 9.04. The Balaban J connectivity index is 2.12. The largest absolute Gasteiger partial charge is 0.423 e. The van der Waals surface area contributed by atoms with Gasteiger partial charge in [0.2, 0.25) is 0 Å². The lowest BCUT2D eigenvalue weighted by Gasteiger charge is -2.06. The Kier molecular flexibility index (Phi) is 4.76. The lowest BCUT2D eigenvalue weighted by Crippen LogP contribution is -2.08. The Bertz CT molecular complexity index is 715. The van der Waals surface area contributed by atoms with E-state index in [-0.39, 0.29) is 5.02 Å². The highest BCUT2D eigenvalue weighted by Crippen LogP contribution is 2.22. The maximum Gasteiger partial charge on any atom is 0.343 e.